The molecule has 0 amide bonds. The van der Waals surface area contributed by atoms with Gasteiger partial charge in [0.2, 0.25) is 0 Å². The van der Waals surface area contributed by atoms with Crippen molar-refractivity contribution in [2.45, 2.75) is 0 Å². The number of nitrogens with two attached hydrogens (primary N) is 1. The third-order valence-electron chi connectivity index (χ3n) is 0.929. The molecule has 0 aliphatic heterocycles. The number of hydrogen-bond donors (Lipinski definition) is 1. The maximum Gasteiger partial charge on any atom is 0.317 e. The Hall–Kier alpha value is -0.590. The molecule has 0 unspecified atom stereocenters. The van der Waals surface area contributed by atoms with Gasteiger partial charge < -0.3 is 10.5 Å². The summed E-state index contributed by atoms with van der Waals surface area (Å²) in [7, 11) is 1.52. The van der Waals surface area contributed by atoms with E-state index in [1.54, 1.807) is 0 Å². The first-order chi connectivity index (χ1) is 4.74. The Morgan fingerprint density at radius 1 is 1.70 bits per heavy atom. The maximum absolute atomic E-state index is 5.46. The first kappa shape index (κ1) is 7.52. The van der Waals surface area contributed by atoms with E-state index in [0.29, 0.717) is 15.4 Å². The summed E-state index contributed by atoms with van der Waals surface area (Å²) < 4.78 is 5.48. The van der Waals surface area contributed by atoms with Crippen LogP contribution >= 0.6 is 22.6 Å². The lowest BCUT2D eigenvalue weighted by Gasteiger charge is -1.98. The molecule has 0 bridgehead atoms. The van der Waals surface area contributed by atoms with Crippen LogP contribution in [0, 0.1) is 3.70 Å². The zero-order valence-corrected chi connectivity index (χ0v) is 7.49. The fourth-order valence-corrected chi connectivity index (χ4v) is 0.799. The molecule has 0 saturated carbocycles. The van der Waals surface area contributed by atoms with Crippen LogP contribution in [0.3, 0.4) is 0 Å². The highest BCUT2D eigenvalue weighted by atomic mass is 127. The van der Waals surface area contributed by atoms with E-state index in [1.807, 2.05) is 22.6 Å². The number of rotatable bonds is 1. The molecule has 0 aliphatic carbocycles. The highest BCUT2D eigenvalue weighted by Crippen LogP contribution is 2.12. The maximum atomic E-state index is 5.46. The highest BCUT2D eigenvalue weighted by Gasteiger charge is 1.98. The van der Waals surface area contributed by atoms with E-state index in [-0.39, 0.29) is 0 Å². The van der Waals surface area contributed by atoms with Gasteiger partial charge in [0.1, 0.15) is 3.70 Å². The number of anilines is 1. The average molecular weight is 251 g/mol. The average Bonchev–Trinajstić information content (AvgIpc) is 1.95. The Kier molecular flexibility index (Phi) is 2.25. The zero-order chi connectivity index (χ0) is 7.56. The molecule has 2 N–H and O–H groups in total. The lowest BCUT2D eigenvalue weighted by molar-refractivity contribution is 0.379. The van der Waals surface area contributed by atoms with Gasteiger partial charge in [-0.3, -0.25) is 0 Å². The molecule has 1 heterocycles. The number of ether oxygens (including phenoxy) is 1. The lowest BCUT2D eigenvalue weighted by Crippen LogP contribution is -1.97. The van der Waals surface area contributed by atoms with Crippen LogP contribution in [0.4, 0.5) is 5.69 Å². The van der Waals surface area contributed by atoms with Crippen LogP contribution in [0.2, 0.25) is 0 Å². The van der Waals surface area contributed by atoms with Crippen molar-refractivity contribution >= 4 is 28.3 Å². The predicted molar refractivity (Wildman–Crippen MR) is 45.7 cm³/mol. The van der Waals surface area contributed by atoms with E-state index >= 15 is 0 Å². The van der Waals surface area contributed by atoms with Crippen molar-refractivity contribution < 1.29 is 4.74 Å². The molecule has 0 saturated heterocycles. The van der Waals surface area contributed by atoms with Gasteiger partial charge in [0.05, 0.1) is 19.0 Å². The van der Waals surface area contributed by atoms with Crippen molar-refractivity contribution in [2.75, 3.05) is 12.8 Å². The molecule has 0 fully saturated rings. The zero-order valence-electron chi connectivity index (χ0n) is 5.34. The summed E-state index contributed by atoms with van der Waals surface area (Å²) in [6, 6.07) is 0.346. The Bertz CT molecular complexity index is 240. The van der Waals surface area contributed by atoms with Gasteiger partial charge in [0.25, 0.3) is 0 Å². The van der Waals surface area contributed by atoms with Gasteiger partial charge in [-0.25, -0.2) is 4.98 Å². The fourth-order valence-electron chi connectivity index (χ4n) is 0.454. The van der Waals surface area contributed by atoms with Crippen molar-refractivity contribution in [3.63, 3.8) is 0 Å². The van der Waals surface area contributed by atoms with E-state index < -0.39 is 0 Å². The predicted octanol–water partition coefficient (Wildman–Crippen LogP) is 0.672. The van der Waals surface area contributed by atoms with E-state index in [2.05, 4.69) is 9.97 Å². The van der Waals surface area contributed by atoms with Crippen LogP contribution in [-0.4, -0.2) is 17.1 Å². The third-order valence-corrected chi connectivity index (χ3v) is 1.79. The molecular formula is C5H6IN3O. The van der Waals surface area contributed by atoms with Crippen LogP contribution in [0.1, 0.15) is 0 Å². The second-order valence-corrected chi connectivity index (χ2v) is 2.62. The number of methoxy groups -OCH3 is 1. The fraction of sp³-hybridized carbons (Fsp3) is 0.200. The summed E-state index contributed by atoms with van der Waals surface area (Å²) in [4.78, 5) is 7.71. The summed E-state index contributed by atoms with van der Waals surface area (Å²) in [6.07, 6.45) is 1.52. The van der Waals surface area contributed by atoms with Crippen molar-refractivity contribution in [1.29, 1.82) is 0 Å². The van der Waals surface area contributed by atoms with Gasteiger partial charge in [-0.05, 0) is 22.6 Å². The molecular weight excluding hydrogens is 245 g/mol. The molecule has 4 nitrogen and oxygen atoms in total. The van der Waals surface area contributed by atoms with Gasteiger partial charge in [-0.15, -0.1) is 0 Å². The van der Waals surface area contributed by atoms with Crippen LogP contribution in [-0.2, 0) is 0 Å². The van der Waals surface area contributed by atoms with Crippen LogP contribution in [0.25, 0.3) is 0 Å². The lowest BCUT2D eigenvalue weighted by atomic mass is 10.6. The van der Waals surface area contributed by atoms with Gasteiger partial charge in [-0.1, -0.05) is 0 Å². The van der Waals surface area contributed by atoms with Gasteiger partial charge in [0, 0.05) is 0 Å². The standard InChI is InChI=1S/C5H6IN3O/c1-10-5-8-2-3(7)4(6)9-5/h2H,7H2,1H3. The number of nitrogens with zero attached hydrogens (tertiary/aromatic N) is 2. The minimum absolute atomic E-state index is 0.346. The van der Waals surface area contributed by atoms with E-state index in [0.717, 1.165) is 0 Å². The summed E-state index contributed by atoms with van der Waals surface area (Å²) in [5.41, 5.74) is 6.03. The first-order valence-electron chi connectivity index (χ1n) is 2.56. The number of nitrogen functional groups attached to an aromatic ring is 1. The third kappa shape index (κ3) is 1.47. The summed E-state index contributed by atoms with van der Waals surface area (Å²) in [5, 5.41) is 0. The van der Waals surface area contributed by atoms with Gasteiger partial charge in [-0.2, -0.15) is 4.98 Å². The molecule has 0 aliphatic rings. The minimum atomic E-state index is 0.346. The second-order valence-electron chi connectivity index (χ2n) is 1.60. The first-order valence-corrected chi connectivity index (χ1v) is 3.64. The SMILES string of the molecule is COc1ncc(N)c(I)n1. The van der Waals surface area contributed by atoms with Gasteiger partial charge in [0.15, 0.2) is 0 Å². The summed E-state index contributed by atoms with van der Waals surface area (Å²) in [6.45, 7) is 0. The largest absolute Gasteiger partial charge is 0.467 e. The number of hydrogen-bond acceptors (Lipinski definition) is 4. The monoisotopic (exact) mass is 251 g/mol. The Balaban J connectivity index is 3.04. The van der Waals surface area contributed by atoms with Crippen molar-refractivity contribution in [3.8, 4) is 6.01 Å². The molecule has 0 spiro atoms. The van der Waals surface area contributed by atoms with Crippen molar-refractivity contribution in [3.05, 3.63) is 9.90 Å². The molecule has 10 heavy (non-hydrogen) atoms. The van der Waals surface area contributed by atoms with Crippen LogP contribution in [0.15, 0.2) is 6.20 Å². The minimum Gasteiger partial charge on any atom is -0.467 e. The quantitative estimate of drug-likeness (QED) is 0.588. The van der Waals surface area contributed by atoms with E-state index in [9.17, 15) is 0 Å². The molecule has 54 valence electrons. The molecule has 5 heteroatoms. The summed E-state index contributed by atoms with van der Waals surface area (Å²) in [5.74, 6) is 0. The Labute approximate surface area is 72.0 Å². The highest BCUT2D eigenvalue weighted by molar-refractivity contribution is 14.1. The van der Waals surface area contributed by atoms with E-state index in [4.69, 9.17) is 10.5 Å². The smallest absolute Gasteiger partial charge is 0.317 e. The Morgan fingerprint density at radius 3 is 2.90 bits per heavy atom. The molecule has 0 aromatic carbocycles. The second kappa shape index (κ2) is 3.00. The van der Waals surface area contributed by atoms with Gasteiger partial charge >= 0.3 is 6.01 Å². The van der Waals surface area contributed by atoms with Crippen LogP contribution < -0.4 is 10.5 Å². The van der Waals surface area contributed by atoms with Crippen molar-refractivity contribution in [2.24, 2.45) is 0 Å². The molecule has 1 rings (SSSR count). The van der Waals surface area contributed by atoms with Crippen molar-refractivity contribution in [1.82, 2.24) is 9.97 Å². The van der Waals surface area contributed by atoms with E-state index in [1.165, 1.54) is 13.3 Å². The molecule has 1 aromatic heterocycles. The topological polar surface area (TPSA) is 61.0 Å². The molecule has 0 radical (unpaired) electrons. The summed E-state index contributed by atoms with van der Waals surface area (Å²) >= 11 is 2.02. The number of halogens is 1. The molecule has 0 atom stereocenters. The normalized spacial score (nSPS) is 9.40. The molecule has 1 aromatic rings. The van der Waals surface area contributed by atoms with Crippen LogP contribution in [0.5, 0.6) is 6.01 Å². The Morgan fingerprint density at radius 2 is 2.40 bits per heavy atom. The number of aromatic nitrogens is 2.